The van der Waals surface area contributed by atoms with Crippen LogP contribution in [0.15, 0.2) is 28.8 Å². The van der Waals surface area contributed by atoms with E-state index in [1.165, 1.54) is 6.07 Å². The first kappa shape index (κ1) is 17.3. The van der Waals surface area contributed by atoms with Crippen LogP contribution in [0, 0.1) is 13.8 Å². The van der Waals surface area contributed by atoms with Gasteiger partial charge in [0.05, 0.1) is 12.1 Å². The van der Waals surface area contributed by atoms with Crippen molar-refractivity contribution in [2.24, 2.45) is 0 Å². The minimum atomic E-state index is -4.43. The zero-order chi connectivity index (χ0) is 18.2. The normalized spacial score (nSPS) is 17.8. The third-order valence-corrected chi connectivity index (χ3v) is 4.02. The van der Waals surface area contributed by atoms with Crippen molar-refractivity contribution in [1.29, 1.82) is 0 Å². The zero-order valence-electron chi connectivity index (χ0n) is 13.8. The number of ether oxygens (including phenoxy) is 1. The van der Waals surface area contributed by atoms with Crippen molar-refractivity contribution in [2.75, 3.05) is 13.1 Å². The number of alkyl halides is 3. The van der Waals surface area contributed by atoms with Crippen LogP contribution in [0.2, 0.25) is 0 Å². The van der Waals surface area contributed by atoms with E-state index in [2.05, 4.69) is 4.98 Å². The molecule has 3 rings (SSSR count). The first-order valence-electron chi connectivity index (χ1n) is 7.80. The van der Waals surface area contributed by atoms with Crippen molar-refractivity contribution in [3.63, 3.8) is 0 Å². The Hall–Kier alpha value is -2.51. The number of amides is 1. The molecule has 1 unspecified atom stereocenters. The van der Waals surface area contributed by atoms with E-state index in [1.54, 1.807) is 24.8 Å². The number of halogens is 3. The Morgan fingerprint density at radius 3 is 2.68 bits per heavy atom. The lowest BCUT2D eigenvalue weighted by atomic mass is 10.2. The number of rotatable bonds is 3. The van der Waals surface area contributed by atoms with Gasteiger partial charge in [0.2, 0.25) is 5.88 Å². The lowest BCUT2D eigenvalue weighted by molar-refractivity contribution is -0.137. The minimum absolute atomic E-state index is 0.109. The van der Waals surface area contributed by atoms with Crippen molar-refractivity contribution in [2.45, 2.75) is 32.5 Å². The molecule has 1 amide bonds. The molecule has 2 aromatic heterocycles. The Labute approximate surface area is 142 Å². The highest BCUT2D eigenvalue weighted by Gasteiger charge is 2.32. The molecule has 1 atom stereocenters. The Morgan fingerprint density at radius 1 is 1.36 bits per heavy atom. The summed E-state index contributed by atoms with van der Waals surface area (Å²) in [6.45, 7) is 4.40. The standard InChI is InChI=1S/C17H17F3N2O3/c1-10-7-11(2)24-15(10)16(23)22-6-5-13(9-22)25-14-4-3-12(8-21-14)17(18,19)20/h3-4,7-8,13H,5-6,9H2,1-2H3. The molecule has 3 heterocycles. The fraction of sp³-hybridized carbons (Fsp3) is 0.412. The Morgan fingerprint density at radius 2 is 2.12 bits per heavy atom. The molecule has 0 radical (unpaired) electrons. The van der Waals surface area contributed by atoms with Gasteiger partial charge in [0.1, 0.15) is 11.9 Å². The van der Waals surface area contributed by atoms with E-state index >= 15 is 0 Å². The van der Waals surface area contributed by atoms with Crippen LogP contribution < -0.4 is 4.74 Å². The van der Waals surface area contributed by atoms with Crippen LogP contribution in [-0.2, 0) is 6.18 Å². The van der Waals surface area contributed by atoms with Gasteiger partial charge in [0, 0.05) is 30.8 Å². The molecule has 1 fully saturated rings. The Bertz CT molecular complexity index is 768. The van der Waals surface area contributed by atoms with Gasteiger partial charge in [-0.15, -0.1) is 0 Å². The highest BCUT2D eigenvalue weighted by Crippen LogP contribution is 2.29. The SMILES string of the molecule is Cc1cc(C)c(C(=O)N2CCC(Oc3ccc(C(F)(F)F)cn3)C2)o1. The molecular formula is C17H17F3N2O3. The molecule has 25 heavy (non-hydrogen) atoms. The molecule has 5 nitrogen and oxygen atoms in total. The van der Waals surface area contributed by atoms with Crippen molar-refractivity contribution < 1.29 is 27.1 Å². The maximum Gasteiger partial charge on any atom is 0.417 e. The molecule has 0 aromatic carbocycles. The van der Waals surface area contributed by atoms with E-state index in [4.69, 9.17) is 9.15 Å². The third-order valence-electron chi connectivity index (χ3n) is 4.02. The minimum Gasteiger partial charge on any atom is -0.472 e. The van der Waals surface area contributed by atoms with E-state index in [0.717, 1.165) is 17.8 Å². The number of hydrogen-bond acceptors (Lipinski definition) is 4. The molecule has 0 aliphatic carbocycles. The molecular weight excluding hydrogens is 337 g/mol. The number of hydrogen-bond donors (Lipinski definition) is 0. The summed E-state index contributed by atoms with van der Waals surface area (Å²) in [5.74, 6) is 0.877. The predicted octanol–water partition coefficient (Wildman–Crippen LogP) is 3.60. The number of aryl methyl sites for hydroxylation is 2. The van der Waals surface area contributed by atoms with E-state index in [1.807, 2.05) is 0 Å². The number of aromatic nitrogens is 1. The molecule has 8 heteroatoms. The van der Waals surface area contributed by atoms with Gasteiger partial charge < -0.3 is 14.1 Å². The maximum atomic E-state index is 12.5. The van der Waals surface area contributed by atoms with Gasteiger partial charge in [0.25, 0.3) is 5.91 Å². The zero-order valence-corrected chi connectivity index (χ0v) is 13.8. The topological polar surface area (TPSA) is 55.6 Å². The Kier molecular flexibility index (Phi) is 4.45. The van der Waals surface area contributed by atoms with Gasteiger partial charge in [0.15, 0.2) is 5.76 Å². The average molecular weight is 354 g/mol. The largest absolute Gasteiger partial charge is 0.472 e. The summed E-state index contributed by atoms with van der Waals surface area (Å²) < 4.78 is 48.6. The molecule has 2 aromatic rings. The first-order chi connectivity index (χ1) is 11.7. The second-order valence-electron chi connectivity index (χ2n) is 6.03. The van der Waals surface area contributed by atoms with Crippen LogP contribution >= 0.6 is 0 Å². The molecule has 1 saturated heterocycles. The smallest absolute Gasteiger partial charge is 0.417 e. The van der Waals surface area contributed by atoms with Gasteiger partial charge >= 0.3 is 6.18 Å². The van der Waals surface area contributed by atoms with Crippen molar-refractivity contribution in [1.82, 2.24) is 9.88 Å². The molecule has 0 bridgehead atoms. The molecule has 0 N–H and O–H groups in total. The number of carbonyl (C=O) groups excluding carboxylic acids is 1. The first-order valence-corrected chi connectivity index (χ1v) is 7.80. The second-order valence-corrected chi connectivity index (χ2v) is 6.03. The second kappa shape index (κ2) is 6.42. The van der Waals surface area contributed by atoms with Gasteiger partial charge in [-0.1, -0.05) is 0 Å². The summed E-state index contributed by atoms with van der Waals surface area (Å²) in [4.78, 5) is 17.8. The molecule has 0 spiro atoms. The van der Waals surface area contributed by atoms with Gasteiger partial charge in [-0.05, 0) is 26.0 Å². The predicted molar refractivity (Wildman–Crippen MR) is 82.4 cm³/mol. The van der Waals surface area contributed by atoms with E-state index in [-0.39, 0.29) is 17.9 Å². The quantitative estimate of drug-likeness (QED) is 0.845. The number of pyridine rings is 1. The van der Waals surface area contributed by atoms with Crippen LogP contribution in [0.25, 0.3) is 0 Å². The highest BCUT2D eigenvalue weighted by atomic mass is 19.4. The third kappa shape index (κ3) is 3.78. The van der Waals surface area contributed by atoms with Gasteiger partial charge in [-0.2, -0.15) is 13.2 Å². The Balaban J connectivity index is 1.61. The summed E-state index contributed by atoms with van der Waals surface area (Å²) in [5.41, 5.74) is -0.0528. The van der Waals surface area contributed by atoms with E-state index in [0.29, 0.717) is 31.0 Å². The maximum absolute atomic E-state index is 12.5. The van der Waals surface area contributed by atoms with E-state index < -0.39 is 11.7 Å². The van der Waals surface area contributed by atoms with Crippen LogP contribution in [0.1, 0.15) is 33.9 Å². The van der Waals surface area contributed by atoms with Crippen LogP contribution in [0.5, 0.6) is 5.88 Å². The highest BCUT2D eigenvalue weighted by molar-refractivity contribution is 5.93. The number of carbonyl (C=O) groups is 1. The lowest BCUT2D eigenvalue weighted by Crippen LogP contribution is -2.31. The van der Waals surface area contributed by atoms with E-state index in [9.17, 15) is 18.0 Å². The number of furan rings is 1. The number of nitrogens with zero attached hydrogens (tertiary/aromatic N) is 2. The summed E-state index contributed by atoms with van der Waals surface area (Å²) >= 11 is 0. The van der Waals surface area contributed by atoms with Crippen molar-refractivity contribution in [3.05, 3.63) is 47.0 Å². The van der Waals surface area contributed by atoms with Crippen molar-refractivity contribution in [3.8, 4) is 5.88 Å². The average Bonchev–Trinajstić information content (AvgIpc) is 3.12. The molecule has 1 aliphatic heterocycles. The van der Waals surface area contributed by atoms with Crippen molar-refractivity contribution >= 4 is 5.91 Å². The van der Waals surface area contributed by atoms with Gasteiger partial charge in [-0.3, -0.25) is 4.79 Å². The van der Waals surface area contributed by atoms with Crippen LogP contribution in [-0.4, -0.2) is 35.0 Å². The fourth-order valence-corrected chi connectivity index (χ4v) is 2.79. The lowest BCUT2D eigenvalue weighted by Gasteiger charge is -2.16. The molecule has 1 aliphatic rings. The monoisotopic (exact) mass is 354 g/mol. The molecule has 134 valence electrons. The summed E-state index contributed by atoms with van der Waals surface area (Å²) in [5, 5.41) is 0. The van der Waals surface area contributed by atoms with Crippen LogP contribution in [0.4, 0.5) is 13.2 Å². The fourth-order valence-electron chi connectivity index (χ4n) is 2.79. The summed E-state index contributed by atoms with van der Waals surface area (Å²) in [6, 6.07) is 3.91. The summed E-state index contributed by atoms with van der Waals surface area (Å²) in [7, 11) is 0. The van der Waals surface area contributed by atoms with Crippen LogP contribution in [0.3, 0.4) is 0 Å². The number of likely N-dealkylation sites (tertiary alicyclic amines) is 1. The van der Waals surface area contributed by atoms with Gasteiger partial charge in [-0.25, -0.2) is 4.98 Å². The molecule has 0 saturated carbocycles. The summed E-state index contributed by atoms with van der Waals surface area (Å²) in [6.07, 6.45) is -3.43.